The largest absolute Gasteiger partial charge is 0.493 e. The Kier molecular flexibility index (Phi) is 5.78. The zero-order valence-electron chi connectivity index (χ0n) is 15.3. The fraction of sp³-hybridized carbons (Fsp3) is 0.278. The van der Waals surface area contributed by atoms with Gasteiger partial charge in [0.15, 0.2) is 0 Å². The lowest BCUT2D eigenvalue weighted by molar-refractivity contribution is -0.140. The monoisotopic (exact) mass is 418 g/mol. The second-order valence-corrected chi connectivity index (χ2v) is 7.54. The van der Waals surface area contributed by atoms with Crippen molar-refractivity contribution in [3.05, 3.63) is 39.5 Å². The van der Waals surface area contributed by atoms with Crippen molar-refractivity contribution in [1.29, 1.82) is 0 Å². The molecule has 0 unspecified atom stereocenters. The number of rotatable bonds is 8. The van der Waals surface area contributed by atoms with Crippen LogP contribution in [-0.4, -0.2) is 54.2 Å². The molecule has 0 saturated heterocycles. The van der Waals surface area contributed by atoms with Crippen molar-refractivity contribution in [2.24, 2.45) is 0 Å². The number of nitrogens with one attached hydrogen (secondary N) is 2. The van der Waals surface area contributed by atoms with Gasteiger partial charge in [-0.2, -0.15) is 4.98 Å². The number of hydrogen-bond donors (Lipinski definition) is 5. The van der Waals surface area contributed by atoms with Crippen molar-refractivity contribution in [3.63, 3.8) is 0 Å². The van der Waals surface area contributed by atoms with Crippen molar-refractivity contribution in [2.75, 3.05) is 0 Å². The molecule has 5 N–H and O–H groups in total. The molecule has 1 atom stereocenters. The Bertz CT molecular complexity index is 1090. The second kappa shape index (κ2) is 8.27. The van der Waals surface area contributed by atoms with E-state index in [4.69, 9.17) is 10.2 Å². The van der Waals surface area contributed by atoms with Crippen LogP contribution in [0.1, 0.15) is 38.8 Å². The molecular formula is C18H18N4O6S. The third-order valence-electron chi connectivity index (χ3n) is 4.21. The summed E-state index contributed by atoms with van der Waals surface area (Å²) in [5, 5.41) is 30.8. The van der Waals surface area contributed by atoms with Crippen LogP contribution < -0.4 is 5.32 Å². The first-order chi connectivity index (χ1) is 13.7. The summed E-state index contributed by atoms with van der Waals surface area (Å²) in [7, 11) is 0. The predicted octanol–water partition coefficient (Wildman–Crippen LogP) is 1.67. The van der Waals surface area contributed by atoms with Gasteiger partial charge in [-0.15, -0.1) is 11.3 Å². The van der Waals surface area contributed by atoms with E-state index in [1.807, 2.05) is 0 Å². The molecule has 0 radical (unpaired) electrons. The van der Waals surface area contributed by atoms with Crippen molar-refractivity contribution < 1.29 is 29.7 Å². The van der Waals surface area contributed by atoms with Gasteiger partial charge < -0.3 is 25.6 Å². The van der Waals surface area contributed by atoms with Crippen LogP contribution in [0.4, 0.5) is 0 Å². The number of fused-ring (bicyclic) bond motifs is 1. The Labute approximate surface area is 168 Å². The molecular weight excluding hydrogens is 400 g/mol. The molecule has 0 bridgehead atoms. The summed E-state index contributed by atoms with van der Waals surface area (Å²) in [5.74, 6) is -2.69. The quantitative estimate of drug-likeness (QED) is 0.368. The number of carbonyl (C=O) groups excluding carboxylic acids is 1. The second-order valence-electron chi connectivity index (χ2n) is 6.37. The molecule has 3 aromatic rings. The molecule has 3 rings (SSSR count). The number of H-pyrrole nitrogens is 1. The molecule has 29 heavy (non-hydrogen) atoms. The predicted molar refractivity (Wildman–Crippen MR) is 103 cm³/mol. The maximum absolute atomic E-state index is 12.3. The van der Waals surface area contributed by atoms with Crippen LogP contribution >= 0.6 is 11.3 Å². The molecule has 11 heteroatoms. The van der Waals surface area contributed by atoms with Crippen LogP contribution in [0.5, 0.6) is 5.88 Å². The van der Waals surface area contributed by atoms with Crippen LogP contribution in [0.2, 0.25) is 0 Å². The van der Waals surface area contributed by atoms with E-state index in [1.165, 1.54) is 11.3 Å². The van der Waals surface area contributed by atoms with Gasteiger partial charge in [-0.3, -0.25) is 9.59 Å². The zero-order chi connectivity index (χ0) is 21.1. The lowest BCUT2D eigenvalue weighted by Crippen LogP contribution is -2.40. The number of aryl methyl sites for hydroxylation is 1. The van der Waals surface area contributed by atoms with Crippen LogP contribution in [0, 0.1) is 6.92 Å². The van der Waals surface area contributed by atoms with Crippen LogP contribution in [0.15, 0.2) is 18.3 Å². The van der Waals surface area contributed by atoms with Gasteiger partial charge in [0.2, 0.25) is 5.88 Å². The highest BCUT2D eigenvalue weighted by Crippen LogP contribution is 2.28. The van der Waals surface area contributed by atoms with Crippen molar-refractivity contribution >= 4 is 40.2 Å². The van der Waals surface area contributed by atoms with Gasteiger partial charge in [-0.1, -0.05) is 0 Å². The summed E-state index contributed by atoms with van der Waals surface area (Å²) < 4.78 is 0. The maximum atomic E-state index is 12.3. The van der Waals surface area contributed by atoms with Crippen molar-refractivity contribution in [1.82, 2.24) is 20.3 Å². The molecule has 0 spiro atoms. The van der Waals surface area contributed by atoms with E-state index in [2.05, 4.69) is 20.3 Å². The van der Waals surface area contributed by atoms with E-state index in [9.17, 15) is 19.5 Å². The Morgan fingerprint density at radius 2 is 2.00 bits per heavy atom. The minimum atomic E-state index is -1.29. The number of aliphatic carboxylic acids is 2. The van der Waals surface area contributed by atoms with Crippen LogP contribution in [0.3, 0.4) is 0 Å². The number of hydrogen-bond acceptors (Lipinski definition) is 7. The normalized spacial score (nSPS) is 12.0. The van der Waals surface area contributed by atoms with E-state index < -0.39 is 23.9 Å². The highest BCUT2D eigenvalue weighted by atomic mass is 32.1. The summed E-state index contributed by atoms with van der Waals surface area (Å²) in [4.78, 5) is 46.5. The summed E-state index contributed by atoms with van der Waals surface area (Å²) in [5.41, 5.74) is 1.28. The van der Waals surface area contributed by atoms with Gasteiger partial charge in [0.25, 0.3) is 5.91 Å². The van der Waals surface area contributed by atoms with Crippen LogP contribution in [0.25, 0.3) is 11.0 Å². The number of thiophene rings is 1. The molecule has 152 valence electrons. The fourth-order valence-corrected chi connectivity index (χ4v) is 3.80. The van der Waals surface area contributed by atoms with Crippen molar-refractivity contribution in [2.45, 2.75) is 32.2 Å². The third-order valence-corrected chi connectivity index (χ3v) is 5.29. The van der Waals surface area contributed by atoms with Crippen LogP contribution in [-0.2, 0) is 16.0 Å². The first-order valence-corrected chi connectivity index (χ1v) is 9.44. The minimum Gasteiger partial charge on any atom is -0.493 e. The molecule has 0 fully saturated rings. The first kappa shape index (κ1) is 20.3. The van der Waals surface area contributed by atoms with E-state index in [-0.39, 0.29) is 18.7 Å². The van der Waals surface area contributed by atoms with Crippen molar-refractivity contribution in [3.8, 4) is 5.88 Å². The van der Waals surface area contributed by atoms with Gasteiger partial charge >= 0.3 is 11.9 Å². The highest BCUT2D eigenvalue weighted by molar-refractivity contribution is 7.14. The SMILES string of the molecule is Cc1nc(O)c2c(Cc3ccc(C(=O)N[C@@H](CCC(=O)O)C(=O)O)s3)c[nH]c2n1. The Hall–Kier alpha value is -3.47. The van der Waals surface area contributed by atoms with Gasteiger partial charge in [0.1, 0.15) is 17.5 Å². The molecule has 0 saturated carbocycles. The van der Waals surface area contributed by atoms with Gasteiger partial charge in [-0.25, -0.2) is 9.78 Å². The van der Waals surface area contributed by atoms with E-state index in [0.717, 1.165) is 10.4 Å². The maximum Gasteiger partial charge on any atom is 0.326 e. The zero-order valence-corrected chi connectivity index (χ0v) is 16.1. The Morgan fingerprint density at radius 3 is 2.69 bits per heavy atom. The molecule has 0 aliphatic heterocycles. The average Bonchev–Trinajstić information content (AvgIpc) is 3.25. The molecule has 0 aromatic carbocycles. The number of carboxylic acids is 2. The van der Waals surface area contributed by atoms with E-state index in [1.54, 1.807) is 25.3 Å². The molecule has 0 aliphatic carbocycles. The number of amides is 1. The molecule has 1 amide bonds. The number of nitrogens with zero attached hydrogens (tertiary/aromatic N) is 2. The number of carboxylic acid groups (broad SMARTS) is 2. The summed E-state index contributed by atoms with van der Waals surface area (Å²) in [6.45, 7) is 1.67. The molecule has 3 aromatic heterocycles. The topological polar surface area (TPSA) is 166 Å². The molecule has 0 aliphatic rings. The van der Waals surface area contributed by atoms with Gasteiger partial charge in [0.05, 0.1) is 10.3 Å². The number of carbonyl (C=O) groups is 3. The van der Waals surface area contributed by atoms with E-state index >= 15 is 0 Å². The Balaban J connectivity index is 1.73. The molecule has 10 nitrogen and oxygen atoms in total. The first-order valence-electron chi connectivity index (χ1n) is 8.62. The number of aromatic amines is 1. The summed E-state index contributed by atoms with van der Waals surface area (Å²) in [6.07, 6.45) is 1.56. The summed E-state index contributed by atoms with van der Waals surface area (Å²) >= 11 is 1.18. The average molecular weight is 418 g/mol. The van der Waals surface area contributed by atoms with E-state index in [0.29, 0.717) is 28.2 Å². The molecule has 3 heterocycles. The minimum absolute atomic E-state index is 0.124. The summed E-state index contributed by atoms with van der Waals surface area (Å²) in [6, 6.07) is 2.02. The number of aromatic nitrogens is 3. The lowest BCUT2D eigenvalue weighted by Gasteiger charge is -2.12. The fourth-order valence-electron chi connectivity index (χ4n) is 2.86. The van der Waals surface area contributed by atoms with Gasteiger partial charge in [-0.05, 0) is 31.0 Å². The lowest BCUT2D eigenvalue weighted by atomic mass is 10.1. The standard InChI is InChI=1S/C18H18N4O6S/c1-8-20-15-14(17(26)21-8)9(7-19-15)6-10-2-4-12(29-10)16(25)22-11(18(27)28)3-5-13(23)24/h2,4,7,11H,3,5-6H2,1H3,(H,22,25)(H,23,24)(H,27,28)(H2,19,20,21,26)/t11-/m0/s1. The smallest absolute Gasteiger partial charge is 0.326 e. The highest BCUT2D eigenvalue weighted by Gasteiger charge is 2.22. The number of aromatic hydroxyl groups is 1. The third kappa shape index (κ3) is 4.69. The Morgan fingerprint density at radius 1 is 1.24 bits per heavy atom. The van der Waals surface area contributed by atoms with Gasteiger partial charge in [0, 0.05) is 23.9 Å².